The summed E-state index contributed by atoms with van der Waals surface area (Å²) in [7, 11) is 1.81. The highest BCUT2D eigenvalue weighted by atomic mass is 16.2. The fourth-order valence-corrected chi connectivity index (χ4v) is 4.22. The Morgan fingerprint density at radius 2 is 1.53 bits per heavy atom. The number of benzene rings is 2. The molecule has 0 aliphatic carbocycles. The number of piperazine rings is 1. The van der Waals surface area contributed by atoms with Crippen LogP contribution in [-0.4, -0.2) is 52.4 Å². The number of carbonyl (C=O) groups is 1. The van der Waals surface area contributed by atoms with Crippen LogP contribution in [0.15, 0.2) is 59.4 Å². The third-order valence-corrected chi connectivity index (χ3v) is 6.33. The van der Waals surface area contributed by atoms with Gasteiger partial charge in [-0.05, 0) is 57.2 Å². The van der Waals surface area contributed by atoms with Gasteiger partial charge in [-0.25, -0.2) is 4.68 Å². The fourth-order valence-electron chi connectivity index (χ4n) is 4.22. The third-order valence-electron chi connectivity index (χ3n) is 6.33. The lowest BCUT2D eigenvalue weighted by molar-refractivity contribution is 0.102. The van der Waals surface area contributed by atoms with Gasteiger partial charge in [-0.15, -0.1) is 0 Å². The molecule has 1 fully saturated rings. The molecule has 2 aromatic carbocycles. The van der Waals surface area contributed by atoms with Gasteiger partial charge in [0.25, 0.3) is 11.5 Å². The largest absolute Gasteiger partial charge is 0.369 e. The SMILES string of the molecule is Cc1c(NC(=O)c2ccc(N3CCN(C(C)C)CC3)cc2)c(=O)n(-c2ccccc2)n1C. The monoisotopic (exact) mass is 433 g/mol. The molecular formula is C25H31N5O2. The van der Waals surface area contributed by atoms with Crippen LogP contribution >= 0.6 is 0 Å². The summed E-state index contributed by atoms with van der Waals surface area (Å²) in [6.45, 7) is 10.3. The summed E-state index contributed by atoms with van der Waals surface area (Å²) in [4.78, 5) is 30.7. The van der Waals surface area contributed by atoms with Crippen LogP contribution in [0.3, 0.4) is 0 Å². The number of aromatic nitrogens is 2. The van der Waals surface area contributed by atoms with Crippen molar-refractivity contribution in [2.45, 2.75) is 26.8 Å². The Hall–Kier alpha value is -3.32. The van der Waals surface area contributed by atoms with E-state index in [4.69, 9.17) is 0 Å². The fraction of sp³-hybridized carbons (Fsp3) is 0.360. The predicted molar refractivity (Wildman–Crippen MR) is 129 cm³/mol. The summed E-state index contributed by atoms with van der Waals surface area (Å²) in [5.74, 6) is -0.285. The first-order valence-corrected chi connectivity index (χ1v) is 11.1. The average molecular weight is 434 g/mol. The molecule has 0 saturated carbocycles. The van der Waals surface area contributed by atoms with Crippen LogP contribution in [-0.2, 0) is 7.05 Å². The molecule has 1 aromatic heterocycles. The minimum atomic E-state index is -0.285. The van der Waals surface area contributed by atoms with Crippen molar-refractivity contribution >= 4 is 17.3 Å². The Kier molecular flexibility index (Phi) is 6.19. The van der Waals surface area contributed by atoms with E-state index < -0.39 is 0 Å². The molecule has 0 spiro atoms. The number of amides is 1. The van der Waals surface area contributed by atoms with Crippen molar-refractivity contribution in [3.05, 3.63) is 76.2 Å². The van der Waals surface area contributed by atoms with Crippen LogP contribution in [0.1, 0.15) is 29.9 Å². The number of para-hydroxylation sites is 1. The second-order valence-corrected chi connectivity index (χ2v) is 8.55. The summed E-state index contributed by atoms with van der Waals surface area (Å²) in [6, 6.07) is 17.6. The Balaban J connectivity index is 1.49. The zero-order chi connectivity index (χ0) is 22.8. The molecule has 1 N–H and O–H groups in total. The van der Waals surface area contributed by atoms with Crippen molar-refractivity contribution < 1.29 is 4.79 Å². The van der Waals surface area contributed by atoms with Gasteiger partial charge in [-0.1, -0.05) is 18.2 Å². The summed E-state index contributed by atoms with van der Waals surface area (Å²) in [5.41, 5.74) is 3.16. The molecule has 2 heterocycles. The van der Waals surface area contributed by atoms with Crippen LogP contribution in [0, 0.1) is 6.92 Å². The summed E-state index contributed by atoms with van der Waals surface area (Å²) in [6.07, 6.45) is 0. The molecule has 32 heavy (non-hydrogen) atoms. The van der Waals surface area contributed by atoms with Crippen molar-refractivity contribution in [1.82, 2.24) is 14.3 Å². The number of rotatable bonds is 5. The van der Waals surface area contributed by atoms with E-state index in [0.29, 0.717) is 23.0 Å². The van der Waals surface area contributed by atoms with E-state index in [2.05, 4.69) is 29.0 Å². The molecule has 1 aliphatic rings. The Morgan fingerprint density at radius 3 is 2.12 bits per heavy atom. The lowest BCUT2D eigenvalue weighted by Gasteiger charge is -2.38. The Labute approximate surface area is 188 Å². The number of hydrogen-bond acceptors (Lipinski definition) is 4. The van der Waals surface area contributed by atoms with Crippen LogP contribution in [0.2, 0.25) is 0 Å². The van der Waals surface area contributed by atoms with Crippen molar-refractivity contribution in [2.75, 3.05) is 36.4 Å². The van der Waals surface area contributed by atoms with E-state index in [1.807, 2.05) is 68.6 Å². The standard InChI is InChI=1S/C25H31N5O2/c1-18(2)28-14-16-29(17-15-28)21-12-10-20(11-13-21)24(31)26-23-19(3)27(4)30(25(23)32)22-8-6-5-7-9-22/h5-13,18H,14-17H2,1-4H3,(H,26,31). The molecule has 7 nitrogen and oxygen atoms in total. The molecule has 1 amide bonds. The van der Waals surface area contributed by atoms with Gasteiger partial charge in [0.05, 0.1) is 11.4 Å². The van der Waals surface area contributed by atoms with Gasteiger partial charge in [-0.2, -0.15) is 0 Å². The molecular weight excluding hydrogens is 402 g/mol. The van der Waals surface area contributed by atoms with Gasteiger partial charge in [0.15, 0.2) is 0 Å². The highest BCUT2D eigenvalue weighted by molar-refractivity contribution is 6.04. The van der Waals surface area contributed by atoms with Crippen LogP contribution in [0.25, 0.3) is 5.69 Å². The third kappa shape index (κ3) is 4.21. The lowest BCUT2D eigenvalue weighted by Crippen LogP contribution is -2.48. The molecule has 1 saturated heterocycles. The highest BCUT2D eigenvalue weighted by Crippen LogP contribution is 2.20. The topological polar surface area (TPSA) is 62.5 Å². The number of nitrogens with zero attached hydrogens (tertiary/aromatic N) is 4. The maximum atomic E-state index is 13.0. The quantitative estimate of drug-likeness (QED) is 0.671. The van der Waals surface area contributed by atoms with Crippen molar-refractivity contribution in [2.24, 2.45) is 7.05 Å². The zero-order valence-corrected chi connectivity index (χ0v) is 19.2. The number of hydrogen-bond donors (Lipinski definition) is 1. The van der Waals surface area contributed by atoms with Gasteiger partial charge >= 0.3 is 0 Å². The highest BCUT2D eigenvalue weighted by Gasteiger charge is 2.21. The maximum absolute atomic E-state index is 13.0. The second kappa shape index (κ2) is 9.04. The number of anilines is 2. The average Bonchev–Trinajstić information content (AvgIpc) is 3.02. The number of carbonyl (C=O) groups excluding carboxylic acids is 1. The number of nitrogens with one attached hydrogen (secondary N) is 1. The summed E-state index contributed by atoms with van der Waals surface area (Å²) >= 11 is 0. The van der Waals surface area contributed by atoms with Crippen molar-refractivity contribution in [3.8, 4) is 5.69 Å². The molecule has 168 valence electrons. The van der Waals surface area contributed by atoms with Crippen molar-refractivity contribution in [1.29, 1.82) is 0 Å². The van der Waals surface area contributed by atoms with E-state index in [1.165, 1.54) is 0 Å². The molecule has 7 heteroatoms. The minimum Gasteiger partial charge on any atom is -0.369 e. The van der Waals surface area contributed by atoms with Gasteiger partial charge in [0.2, 0.25) is 0 Å². The van der Waals surface area contributed by atoms with Gasteiger partial charge < -0.3 is 10.2 Å². The second-order valence-electron chi connectivity index (χ2n) is 8.55. The molecule has 0 bridgehead atoms. The molecule has 1 aliphatic heterocycles. The first-order chi connectivity index (χ1) is 15.4. The Morgan fingerprint density at radius 1 is 0.906 bits per heavy atom. The minimum absolute atomic E-state index is 0.246. The normalized spacial score (nSPS) is 14.7. The van der Waals surface area contributed by atoms with Gasteiger partial charge in [0, 0.05) is 50.5 Å². The van der Waals surface area contributed by atoms with E-state index in [-0.39, 0.29) is 11.5 Å². The molecule has 0 atom stereocenters. The van der Waals surface area contributed by atoms with Crippen LogP contribution in [0.4, 0.5) is 11.4 Å². The molecule has 3 aromatic rings. The van der Waals surface area contributed by atoms with Crippen LogP contribution < -0.4 is 15.8 Å². The van der Waals surface area contributed by atoms with E-state index in [9.17, 15) is 9.59 Å². The van der Waals surface area contributed by atoms with E-state index in [0.717, 1.165) is 37.6 Å². The van der Waals surface area contributed by atoms with Crippen LogP contribution in [0.5, 0.6) is 0 Å². The molecule has 0 unspecified atom stereocenters. The Bertz CT molecular complexity index is 1140. The lowest BCUT2D eigenvalue weighted by atomic mass is 10.1. The predicted octanol–water partition coefficient (Wildman–Crippen LogP) is 3.27. The zero-order valence-electron chi connectivity index (χ0n) is 19.2. The van der Waals surface area contributed by atoms with E-state index in [1.54, 1.807) is 9.36 Å². The van der Waals surface area contributed by atoms with Gasteiger partial charge in [-0.3, -0.25) is 19.2 Å². The first kappa shape index (κ1) is 21.9. The first-order valence-electron chi connectivity index (χ1n) is 11.1. The molecule has 0 radical (unpaired) electrons. The van der Waals surface area contributed by atoms with Gasteiger partial charge in [0.1, 0.15) is 5.69 Å². The molecule has 4 rings (SSSR count). The maximum Gasteiger partial charge on any atom is 0.295 e. The van der Waals surface area contributed by atoms with Crippen molar-refractivity contribution in [3.63, 3.8) is 0 Å². The van der Waals surface area contributed by atoms with E-state index >= 15 is 0 Å². The smallest absolute Gasteiger partial charge is 0.295 e. The summed E-state index contributed by atoms with van der Waals surface area (Å²) in [5, 5.41) is 2.83. The summed E-state index contributed by atoms with van der Waals surface area (Å²) < 4.78 is 3.32.